The van der Waals surface area contributed by atoms with Crippen molar-refractivity contribution in [2.45, 2.75) is 26.4 Å². The molecule has 2 aromatic heterocycles. The van der Waals surface area contributed by atoms with Crippen LogP contribution in [0.15, 0.2) is 17.5 Å². The Balaban J connectivity index is 1.93. The van der Waals surface area contributed by atoms with Crippen molar-refractivity contribution in [3.8, 4) is 0 Å². The highest BCUT2D eigenvalue weighted by Crippen LogP contribution is 2.19. The van der Waals surface area contributed by atoms with Crippen molar-refractivity contribution in [1.29, 1.82) is 0 Å². The molecular formula is C11H13NOS2. The minimum atomic E-state index is 0.153. The molecule has 0 atom stereocenters. The van der Waals surface area contributed by atoms with Crippen molar-refractivity contribution in [3.05, 3.63) is 38.0 Å². The monoisotopic (exact) mass is 239 g/mol. The number of hydrogen-bond acceptors (Lipinski definition) is 4. The molecule has 0 saturated heterocycles. The number of rotatable bonds is 4. The molecule has 1 N–H and O–H groups in total. The Kier molecular flexibility index (Phi) is 3.51. The van der Waals surface area contributed by atoms with Gasteiger partial charge in [-0.3, -0.25) is 0 Å². The van der Waals surface area contributed by atoms with E-state index in [1.165, 1.54) is 10.6 Å². The van der Waals surface area contributed by atoms with Crippen LogP contribution < -0.4 is 0 Å². The van der Waals surface area contributed by atoms with E-state index in [9.17, 15) is 0 Å². The summed E-state index contributed by atoms with van der Waals surface area (Å²) in [6.45, 7) is 2.18. The first kappa shape index (κ1) is 10.8. The number of aliphatic hydroxyl groups is 1. The lowest BCUT2D eigenvalue weighted by Crippen LogP contribution is -1.88. The lowest BCUT2D eigenvalue weighted by molar-refractivity contribution is 0.285. The molecule has 80 valence electrons. The quantitative estimate of drug-likeness (QED) is 0.890. The van der Waals surface area contributed by atoms with Gasteiger partial charge in [-0.1, -0.05) is 0 Å². The number of nitrogens with zero attached hydrogens (tertiary/aromatic N) is 1. The van der Waals surface area contributed by atoms with Crippen LogP contribution >= 0.6 is 22.7 Å². The zero-order valence-electron chi connectivity index (χ0n) is 8.56. The highest BCUT2D eigenvalue weighted by atomic mass is 32.1. The van der Waals surface area contributed by atoms with Gasteiger partial charge in [0.15, 0.2) is 0 Å². The van der Waals surface area contributed by atoms with Crippen LogP contribution in [0.4, 0.5) is 0 Å². The van der Waals surface area contributed by atoms with Crippen LogP contribution in [0.25, 0.3) is 0 Å². The number of aliphatic hydroxyl groups excluding tert-OH is 1. The van der Waals surface area contributed by atoms with Gasteiger partial charge in [0.05, 0.1) is 17.3 Å². The molecule has 2 rings (SSSR count). The second-order valence-corrected chi connectivity index (χ2v) is 5.70. The smallest absolute Gasteiger partial charge is 0.0897 e. The molecule has 0 fully saturated rings. The van der Waals surface area contributed by atoms with Gasteiger partial charge in [0.1, 0.15) is 0 Å². The van der Waals surface area contributed by atoms with E-state index in [1.54, 1.807) is 22.7 Å². The van der Waals surface area contributed by atoms with Crippen LogP contribution in [0.2, 0.25) is 0 Å². The molecule has 0 spiro atoms. The summed E-state index contributed by atoms with van der Waals surface area (Å²) < 4.78 is 0. The van der Waals surface area contributed by atoms with Gasteiger partial charge in [0.2, 0.25) is 0 Å². The second kappa shape index (κ2) is 4.88. The lowest BCUT2D eigenvalue weighted by atomic mass is 10.2. The van der Waals surface area contributed by atoms with Crippen LogP contribution in [0.5, 0.6) is 0 Å². The molecule has 0 saturated carbocycles. The molecule has 0 bridgehead atoms. The third-order valence-corrected chi connectivity index (χ3v) is 4.12. The van der Waals surface area contributed by atoms with Crippen molar-refractivity contribution < 1.29 is 5.11 Å². The van der Waals surface area contributed by atoms with Crippen molar-refractivity contribution in [3.63, 3.8) is 0 Å². The fraction of sp³-hybridized carbons (Fsp3) is 0.364. The fourth-order valence-electron chi connectivity index (χ4n) is 1.42. The average Bonchev–Trinajstić information content (AvgIpc) is 2.83. The Morgan fingerprint density at radius 3 is 2.67 bits per heavy atom. The van der Waals surface area contributed by atoms with E-state index >= 15 is 0 Å². The molecule has 2 heterocycles. The van der Waals surface area contributed by atoms with Gasteiger partial charge >= 0.3 is 0 Å². The summed E-state index contributed by atoms with van der Waals surface area (Å²) in [6, 6.07) is 4.09. The summed E-state index contributed by atoms with van der Waals surface area (Å²) in [4.78, 5) is 6.79. The largest absolute Gasteiger partial charge is 0.391 e. The first-order valence-electron chi connectivity index (χ1n) is 4.87. The van der Waals surface area contributed by atoms with Crippen molar-refractivity contribution in [1.82, 2.24) is 4.98 Å². The van der Waals surface area contributed by atoms with Crippen LogP contribution in [0, 0.1) is 6.92 Å². The van der Waals surface area contributed by atoms with E-state index < -0.39 is 0 Å². The molecule has 15 heavy (non-hydrogen) atoms. The fourth-order valence-corrected chi connectivity index (χ4v) is 2.94. The summed E-state index contributed by atoms with van der Waals surface area (Å²) in [5.41, 5.74) is 1.18. The van der Waals surface area contributed by atoms with E-state index in [0.29, 0.717) is 0 Å². The maximum atomic E-state index is 8.94. The molecule has 0 unspecified atom stereocenters. The maximum Gasteiger partial charge on any atom is 0.0897 e. The van der Waals surface area contributed by atoms with Crippen molar-refractivity contribution in [2.24, 2.45) is 0 Å². The Hall–Kier alpha value is -0.710. The number of aryl methyl sites for hydroxylation is 3. The van der Waals surface area contributed by atoms with Crippen LogP contribution in [-0.2, 0) is 19.4 Å². The van der Waals surface area contributed by atoms with Gasteiger partial charge in [0, 0.05) is 15.1 Å². The Labute approximate surface area is 97.2 Å². The summed E-state index contributed by atoms with van der Waals surface area (Å²) in [7, 11) is 0. The molecule has 0 aliphatic heterocycles. The molecule has 2 nitrogen and oxygen atoms in total. The zero-order chi connectivity index (χ0) is 10.7. The topological polar surface area (TPSA) is 33.1 Å². The lowest BCUT2D eigenvalue weighted by Gasteiger charge is -1.93. The van der Waals surface area contributed by atoms with E-state index in [2.05, 4.69) is 16.4 Å². The summed E-state index contributed by atoms with van der Waals surface area (Å²) >= 11 is 3.39. The Morgan fingerprint density at radius 2 is 2.07 bits per heavy atom. The molecule has 0 amide bonds. The molecule has 0 aliphatic carbocycles. The van der Waals surface area contributed by atoms with Gasteiger partial charge in [-0.2, -0.15) is 0 Å². The SMILES string of the molecule is Cc1nc(CCc2ccc(CO)s2)cs1. The van der Waals surface area contributed by atoms with Gasteiger partial charge in [-0.05, 0) is 31.9 Å². The number of aromatic nitrogens is 1. The standard InChI is InChI=1S/C11H13NOS2/c1-8-12-9(7-14-8)2-3-10-4-5-11(6-13)15-10/h4-5,7,13H,2-3,6H2,1H3. The highest BCUT2D eigenvalue weighted by molar-refractivity contribution is 7.12. The molecule has 0 aliphatic rings. The third kappa shape index (κ3) is 2.87. The van der Waals surface area contributed by atoms with Crippen LogP contribution in [-0.4, -0.2) is 10.1 Å². The summed E-state index contributed by atoms with van der Waals surface area (Å²) in [6.07, 6.45) is 2.02. The molecule has 0 radical (unpaired) electrons. The number of thiazole rings is 1. The predicted molar refractivity (Wildman–Crippen MR) is 64.5 cm³/mol. The molecule has 4 heteroatoms. The second-order valence-electron chi connectivity index (χ2n) is 3.38. The number of hydrogen-bond donors (Lipinski definition) is 1. The van der Waals surface area contributed by atoms with Crippen LogP contribution in [0.1, 0.15) is 20.5 Å². The molecule has 0 aromatic carbocycles. The minimum Gasteiger partial charge on any atom is -0.391 e. The van der Waals surface area contributed by atoms with E-state index in [1.807, 2.05) is 13.0 Å². The average molecular weight is 239 g/mol. The van der Waals surface area contributed by atoms with Gasteiger partial charge in [0.25, 0.3) is 0 Å². The first-order valence-corrected chi connectivity index (χ1v) is 6.57. The van der Waals surface area contributed by atoms with Crippen LogP contribution in [0.3, 0.4) is 0 Å². The third-order valence-electron chi connectivity index (χ3n) is 2.17. The Morgan fingerprint density at radius 1 is 1.27 bits per heavy atom. The minimum absolute atomic E-state index is 0.153. The zero-order valence-corrected chi connectivity index (χ0v) is 10.2. The maximum absolute atomic E-state index is 8.94. The highest BCUT2D eigenvalue weighted by Gasteiger charge is 2.02. The normalized spacial score (nSPS) is 10.8. The summed E-state index contributed by atoms with van der Waals surface area (Å²) in [5, 5.41) is 12.2. The van der Waals surface area contributed by atoms with E-state index in [-0.39, 0.29) is 6.61 Å². The Bertz CT molecular complexity index is 433. The van der Waals surface area contributed by atoms with Crippen molar-refractivity contribution in [2.75, 3.05) is 0 Å². The molecular weight excluding hydrogens is 226 g/mol. The van der Waals surface area contributed by atoms with E-state index in [4.69, 9.17) is 5.11 Å². The van der Waals surface area contributed by atoms with Gasteiger partial charge in [-0.25, -0.2) is 4.98 Å². The van der Waals surface area contributed by atoms with Gasteiger partial charge < -0.3 is 5.11 Å². The predicted octanol–water partition coefficient (Wildman–Crippen LogP) is 2.79. The van der Waals surface area contributed by atoms with Gasteiger partial charge in [-0.15, -0.1) is 22.7 Å². The first-order chi connectivity index (χ1) is 7.28. The summed E-state index contributed by atoms with van der Waals surface area (Å²) in [5.74, 6) is 0. The number of thiophene rings is 1. The van der Waals surface area contributed by atoms with E-state index in [0.717, 1.165) is 22.7 Å². The van der Waals surface area contributed by atoms with Crippen molar-refractivity contribution >= 4 is 22.7 Å². The molecule has 2 aromatic rings.